The van der Waals surface area contributed by atoms with Crippen LogP contribution in [0, 0.1) is 96.4 Å². The molecule has 630 valence electrons. The first-order valence-corrected chi connectivity index (χ1v) is 54.7. The van der Waals surface area contributed by atoms with Crippen molar-refractivity contribution in [2.45, 2.75) is 257 Å². The fraction of sp³-hybridized carbons (Fsp3) is 0.485. The van der Waals surface area contributed by atoms with E-state index in [0.29, 0.717) is 31.9 Å². The van der Waals surface area contributed by atoms with Crippen LogP contribution in [0.2, 0.25) is 0 Å². The molecular formula is C97H138Cl4N6O4PRu2-. The van der Waals surface area contributed by atoms with Gasteiger partial charge in [-0.3, -0.25) is 4.79 Å². The summed E-state index contributed by atoms with van der Waals surface area (Å²) in [5, 5.41) is 0. The molecule has 0 bridgehead atoms. The molecule has 2 aliphatic heterocycles. The molecule has 17 heteroatoms. The van der Waals surface area contributed by atoms with Crippen molar-refractivity contribution in [1.29, 1.82) is 0 Å². The van der Waals surface area contributed by atoms with E-state index < -0.39 is 39.2 Å². The van der Waals surface area contributed by atoms with E-state index in [0.717, 1.165) is 48.6 Å². The van der Waals surface area contributed by atoms with Crippen molar-refractivity contribution < 1.29 is 47.5 Å². The van der Waals surface area contributed by atoms with Gasteiger partial charge in [0.1, 0.15) is 5.75 Å². The van der Waals surface area contributed by atoms with E-state index in [1.54, 1.807) is 120 Å². The van der Waals surface area contributed by atoms with Crippen molar-refractivity contribution >= 4 is 96.5 Å². The number of aryl methyl sites for hydroxylation is 12. The first-order valence-electron chi connectivity index (χ1n) is 42.0. The Bertz CT molecular complexity index is 3870. The number of hydrogen-bond donors (Lipinski definition) is 0. The Morgan fingerprint density at radius 3 is 0.982 bits per heavy atom. The van der Waals surface area contributed by atoms with Crippen molar-refractivity contribution in [3.8, 4) is 11.5 Å². The van der Waals surface area contributed by atoms with E-state index in [-0.39, 0.29) is 21.2 Å². The van der Waals surface area contributed by atoms with Gasteiger partial charge in [-0.05, 0) is 238 Å². The maximum atomic E-state index is 12.2. The van der Waals surface area contributed by atoms with Crippen molar-refractivity contribution in [1.82, 2.24) is 9.80 Å². The van der Waals surface area contributed by atoms with Crippen molar-refractivity contribution in [2.75, 3.05) is 72.0 Å². The molecule has 0 radical (unpaired) electrons. The van der Waals surface area contributed by atoms with E-state index in [1.807, 2.05) is 135 Å². The third kappa shape index (κ3) is 29.2. The van der Waals surface area contributed by atoms with Crippen LogP contribution in [0.25, 0.3) is 6.08 Å². The van der Waals surface area contributed by atoms with Gasteiger partial charge in [-0.1, -0.05) is 120 Å². The Hall–Kier alpha value is -5.40. The first-order chi connectivity index (χ1) is 54.6. The molecule has 0 spiro atoms. The molecule has 3 saturated carbocycles. The van der Waals surface area contributed by atoms with E-state index in [1.165, 1.54) is 106 Å². The average Bonchev–Trinajstić information content (AvgIpc) is 1.66. The zero-order valence-corrected chi connectivity index (χ0v) is 79.8. The third-order valence-electron chi connectivity index (χ3n) is 22.5. The minimum absolute atomic E-state index is 0. The van der Waals surface area contributed by atoms with Crippen molar-refractivity contribution in [3.05, 3.63) is 230 Å². The normalized spacial score (nSPS) is 16.0. The number of amides is 2. The van der Waals surface area contributed by atoms with Gasteiger partial charge in [-0.2, -0.15) is 13.3 Å². The molecule has 12 rings (SSSR count). The second-order valence-corrected chi connectivity index (χ2v) is 46.5. The molecule has 5 aliphatic rings. The molecule has 2 saturated heterocycles. The number of halogens is 4. The Kier molecular flexibility index (Phi) is 41.3. The molecule has 3 aliphatic carbocycles. The molecule has 0 aromatic heterocycles. The van der Waals surface area contributed by atoms with Crippen molar-refractivity contribution in [2.24, 2.45) is 0 Å². The Morgan fingerprint density at radius 2 is 0.702 bits per heavy atom. The summed E-state index contributed by atoms with van der Waals surface area (Å²) in [5.74, 6) is 1.39. The minimum atomic E-state index is -1.92. The van der Waals surface area contributed by atoms with E-state index in [9.17, 15) is 9.59 Å². The fourth-order valence-electron chi connectivity index (χ4n) is 17.8. The number of para-hydroxylation sites is 2. The number of carbonyl (C=O) groups excluding carboxylic acids is 2. The second-order valence-electron chi connectivity index (χ2n) is 31.6. The summed E-state index contributed by atoms with van der Waals surface area (Å²) in [6, 6.07) is 43.3. The van der Waals surface area contributed by atoms with Crippen LogP contribution in [-0.2, 0) is 36.6 Å². The Labute approximate surface area is 718 Å². The average molecular weight is 1830 g/mol. The summed E-state index contributed by atoms with van der Waals surface area (Å²) in [6.45, 7) is 51.3. The van der Waals surface area contributed by atoms with Crippen LogP contribution in [0.4, 0.5) is 22.7 Å². The number of carbonyl (C=O) groups is 2. The molecule has 5 fully saturated rings. The van der Waals surface area contributed by atoms with E-state index in [4.69, 9.17) is 48.2 Å². The first kappa shape index (κ1) is 95.7. The van der Waals surface area contributed by atoms with Gasteiger partial charge in [-0.15, -0.1) is 0 Å². The molecule has 114 heavy (non-hydrogen) atoms. The number of benzene rings is 7. The molecule has 2 amide bonds. The van der Waals surface area contributed by atoms with Crippen LogP contribution in [-0.4, -0.2) is 112 Å². The van der Waals surface area contributed by atoms with Gasteiger partial charge < -0.3 is 29.2 Å². The Morgan fingerprint density at radius 1 is 0.430 bits per heavy atom. The second kappa shape index (κ2) is 49.2. The molecular weight excluding hydrogens is 1690 g/mol. The molecule has 0 N–H and O–H groups in total. The summed E-state index contributed by atoms with van der Waals surface area (Å²) >= 11 is -3.54. The van der Waals surface area contributed by atoms with Gasteiger partial charge in [0.05, 0.1) is 17.0 Å². The number of rotatable bonds is 20. The van der Waals surface area contributed by atoms with Crippen molar-refractivity contribution in [3.63, 3.8) is 0 Å². The summed E-state index contributed by atoms with van der Waals surface area (Å²) in [5.41, 5.74) is 28.3. The van der Waals surface area contributed by atoms with E-state index in [2.05, 4.69) is 165 Å². The number of nitrogens with zero attached hydrogens (tertiary/aromatic N) is 6. The van der Waals surface area contributed by atoms with Gasteiger partial charge >= 0.3 is 207 Å². The molecule has 2 atom stereocenters. The van der Waals surface area contributed by atoms with Crippen LogP contribution in [0.15, 0.2) is 133 Å². The molecule has 10 nitrogen and oxygen atoms in total. The zero-order chi connectivity index (χ0) is 83.1. The Balaban J connectivity index is 0.000000217. The fourth-order valence-corrected chi connectivity index (χ4v) is 26.7. The van der Waals surface area contributed by atoms with Crippen LogP contribution in [0.5, 0.6) is 11.5 Å². The van der Waals surface area contributed by atoms with Gasteiger partial charge in [-0.25, -0.2) is 0 Å². The third-order valence-corrected chi connectivity index (χ3v) is 30.7. The van der Waals surface area contributed by atoms with E-state index >= 15 is 0 Å². The summed E-state index contributed by atoms with van der Waals surface area (Å²) < 4.78 is 15.3. The summed E-state index contributed by atoms with van der Waals surface area (Å²) in [7, 11) is 23.1. The van der Waals surface area contributed by atoms with Gasteiger partial charge in [0, 0.05) is 76.9 Å². The molecule has 7 aromatic carbocycles. The van der Waals surface area contributed by atoms with Crippen LogP contribution >= 0.6 is 46.7 Å². The monoisotopic (exact) mass is 1830 g/mol. The topological polar surface area (TPSA) is 72.0 Å². The summed E-state index contributed by atoms with van der Waals surface area (Å²) in [4.78, 5) is 37.5. The number of anilines is 4. The maximum absolute atomic E-state index is 12.2. The molecule has 7 aromatic rings. The SMILES string of the molecule is C1CCC([PH+](C2CCCCC2)C2CCCCC2)CC1.CC=Cc1ccccc1OC(C)C(=O)N(CC)CC.CCN(CC)C(=O)C(C)Oc1ccccc1[CH]=[Ru]([Cl])[Cl].Cc1cc(C)c(N2[CH-]N(c3c(C)cc(C)cc3C)CC2)c(C)c1.Cc1cc(C)c(N2[CH-]N(c3c(C)cc(C)cc3C)CC2)c(C)c1.[2HH].[Cl][Ru]([Cl])=[CH]c1ccccc1. The van der Waals surface area contributed by atoms with Gasteiger partial charge in [0.15, 0.2) is 6.10 Å². The predicted molar refractivity (Wildman–Crippen MR) is 495 cm³/mol. The quantitative estimate of drug-likeness (QED) is 0.0425. The molecule has 2 unspecified atom stereocenters. The van der Waals surface area contributed by atoms with Crippen LogP contribution < -0.4 is 29.1 Å². The standard InChI is InChI=1S/2C21H27N2.C18H33P.C16H23NO2.C14H19NO2.C7H6.4ClH.2Ru.H2/c2*1-14-9-16(3)20(17(4)10-14)22-7-8-23(13-22)21-18(5)11-15(2)12-19(21)6;1-4-10-16(11-5-1)19(17-12-6-2-7-13-17)18-14-8-3-9-15-18;1-5-10-14-11-8-9-12-15(14)19-13(4)16(18)17(6-2)7-3;1-5-15(6-2)14(16)12(4)17-13-10-8-7-9-11(13)3;1-7-5-3-2-4-6-7;;;;;;;/h2*9-13H,7-8H2,1-6H3;16-18H,1-15H2;5,8-13H,6-7H2,1-4H3;3,7-10,12H,5-6H2,1-2,4H3;1-6H;4*1H;;;1H/q2*-1;;;;;;;;;2*+2;/p-3/i;;;;;;;;;;;;1+1. The zero-order valence-electron chi connectivity index (χ0n) is 72.3. The van der Waals surface area contributed by atoms with Gasteiger partial charge in [0.25, 0.3) is 5.91 Å². The number of likely N-dealkylation sites (N-methyl/N-ethyl adjacent to an activating group) is 2. The van der Waals surface area contributed by atoms with Crippen LogP contribution in [0.1, 0.15) is 230 Å². The number of hydrogen-bond acceptors (Lipinski definition) is 8. The number of allylic oxidation sites excluding steroid dienone is 1. The van der Waals surface area contributed by atoms with Gasteiger partial charge in [0.2, 0.25) is 0 Å². The predicted octanol–water partition coefficient (Wildman–Crippen LogP) is 25.9. The van der Waals surface area contributed by atoms with Crippen LogP contribution in [0.3, 0.4) is 0 Å². The number of ether oxygens (including phenoxy) is 2. The summed E-state index contributed by atoms with van der Waals surface area (Å²) in [6.07, 6.45) is 26.7. The molecule has 2 heterocycles.